The number of rotatable bonds is 0. The molecule has 0 radical (unpaired) electrons. The lowest BCUT2D eigenvalue weighted by atomic mass is 9.81. The molecule has 0 aromatic heterocycles. The molecular weight excluding hydrogens is 147 g/mol. The predicted molar refractivity (Wildman–Crippen MR) is 51.7 cm³/mol. The van der Waals surface area contributed by atoms with Crippen molar-refractivity contribution < 1.29 is 4.79 Å². The molecule has 1 aliphatic carbocycles. The van der Waals surface area contributed by atoms with Crippen LogP contribution in [0, 0.1) is 0 Å². The molecule has 0 unspecified atom stereocenters. The van der Waals surface area contributed by atoms with Crippen LogP contribution in [0.3, 0.4) is 0 Å². The van der Waals surface area contributed by atoms with Gasteiger partial charge in [-0.3, -0.25) is 4.79 Å². The van der Waals surface area contributed by atoms with E-state index in [1.54, 1.807) is 0 Å². The van der Waals surface area contributed by atoms with Crippen LogP contribution < -0.4 is 5.46 Å². The molecule has 2 heteroatoms. The molecule has 0 amide bonds. The van der Waals surface area contributed by atoms with Crippen molar-refractivity contribution in [2.24, 2.45) is 0 Å². The van der Waals surface area contributed by atoms with Crippen LogP contribution in [0.5, 0.6) is 0 Å². The first-order valence-electron chi connectivity index (χ1n) is 4.36. The predicted octanol–water partition coefficient (Wildman–Crippen LogP) is 0.00280. The van der Waals surface area contributed by atoms with Gasteiger partial charge in [-0.05, 0) is 12.0 Å². The molecule has 1 aliphatic rings. The van der Waals surface area contributed by atoms with Crippen LogP contribution in [0.4, 0.5) is 0 Å². The highest BCUT2D eigenvalue weighted by molar-refractivity contribution is 6.33. The van der Waals surface area contributed by atoms with Gasteiger partial charge >= 0.3 is 0 Å². The van der Waals surface area contributed by atoms with Crippen LogP contribution in [0.25, 0.3) is 0 Å². The smallest absolute Gasteiger partial charge is 0.139 e. The molecular formula is C10H11BO. The van der Waals surface area contributed by atoms with Crippen molar-refractivity contribution in [1.82, 2.24) is 0 Å². The second kappa shape index (κ2) is 2.78. The van der Waals surface area contributed by atoms with Crippen molar-refractivity contribution in [3.05, 3.63) is 29.3 Å². The van der Waals surface area contributed by atoms with Crippen molar-refractivity contribution in [3.63, 3.8) is 0 Å². The second-order valence-electron chi connectivity index (χ2n) is 3.43. The molecule has 12 heavy (non-hydrogen) atoms. The lowest BCUT2D eigenvalue weighted by molar-refractivity contribution is -0.118. The lowest BCUT2D eigenvalue weighted by Gasteiger charge is -2.16. The van der Waals surface area contributed by atoms with Crippen molar-refractivity contribution in [2.45, 2.75) is 19.3 Å². The van der Waals surface area contributed by atoms with E-state index in [4.69, 9.17) is 0 Å². The summed E-state index contributed by atoms with van der Waals surface area (Å²) in [4.78, 5) is 11.1. The fraction of sp³-hybridized carbons (Fsp3) is 0.300. The average molecular weight is 158 g/mol. The summed E-state index contributed by atoms with van der Waals surface area (Å²) in [5, 5.41) is 0. The lowest BCUT2D eigenvalue weighted by Crippen LogP contribution is -2.21. The quantitative estimate of drug-likeness (QED) is 0.486. The molecule has 2 rings (SSSR count). The second-order valence-corrected chi connectivity index (χ2v) is 3.43. The third-order valence-electron chi connectivity index (χ3n) is 2.55. The van der Waals surface area contributed by atoms with Gasteiger partial charge < -0.3 is 0 Å². The molecule has 0 atom stereocenters. The first-order chi connectivity index (χ1) is 5.77. The molecule has 0 spiro atoms. The molecule has 0 saturated heterocycles. The molecule has 0 aliphatic heterocycles. The molecule has 60 valence electrons. The van der Waals surface area contributed by atoms with Gasteiger partial charge in [0.05, 0.1) is 0 Å². The van der Waals surface area contributed by atoms with Crippen molar-refractivity contribution >= 4 is 19.1 Å². The topological polar surface area (TPSA) is 17.1 Å². The Morgan fingerprint density at radius 1 is 1.25 bits per heavy atom. The Bertz CT molecular complexity index is 331. The number of carbonyl (C=O) groups excluding carboxylic acids is 1. The summed E-state index contributed by atoms with van der Waals surface area (Å²) >= 11 is 0. The van der Waals surface area contributed by atoms with Gasteiger partial charge in [0, 0.05) is 12.8 Å². The van der Waals surface area contributed by atoms with E-state index in [0.717, 1.165) is 12.8 Å². The molecule has 1 aromatic rings. The Hall–Kier alpha value is -1.05. The van der Waals surface area contributed by atoms with Gasteiger partial charge in [0.25, 0.3) is 0 Å². The number of Topliss-reactive ketones (excluding diaryl/α,β-unsaturated/α-hetero) is 1. The Morgan fingerprint density at radius 3 is 2.92 bits per heavy atom. The zero-order valence-electron chi connectivity index (χ0n) is 7.26. The standard InChI is InChI=1S/C10H11BO/c11-10-3-1-2-7-6-8(12)4-5-9(7)10/h1-3H,4-6,11H2. The minimum absolute atomic E-state index is 0.383. The number of ketones is 1. The Labute approximate surface area is 73.2 Å². The van der Waals surface area contributed by atoms with E-state index in [9.17, 15) is 4.79 Å². The third-order valence-corrected chi connectivity index (χ3v) is 2.55. The number of benzene rings is 1. The van der Waals surface area contributed by atoms with Crippen LogP contribution in [-0.4, -0.2) is 13.6 Å². The van der Waals surface area contributed by atoms with Gasteiger partial charge in [0.2, 0.25) is 0 Å². The Kier molecular flexibility index (Phi) is 1.76. The zero-order valence-corrected chi connectivity index (χ0v) is 7.26. The van der Waals surface area contributed by atoms with Crippen molar-refractivity contribution in [2.75, 3.05) is 0 Å². The fourth-order valence-electron chi connectivity index (χ4n) is 1.85. The maximum absolute atomic E-state index is 11.1. The van der Waals surface area contributed by atoms with Crippen LogP contribution in [-0.2, 0) is 17.6 Å². The van der Waals surface area contributed by atoms with E-state index >= 15 is 0 Å². The molecule has 0 fully saturated rings. The van der Waals surface area contributed by atoms with E-state index in [1.807, 2.05) is 6.07 Å². The first kappa shape index (κ1) is 7.60. The summed E-state index contributed by atoms with van der Waals surface area (Å²) in [5.74, 6) is 0.383. The summed E-state index contributed by atoms with van der Waals surface area (Å²) in [7, 11) is 2.12. The Morgan fingerprint density at radius 2 is 2.08 bits per heavy atom. The normalized spacial score (nSPS) is 15.8. The van der Waals surface area contributed by atoms with Gasteiger partial charge in [-0.15, -0.1) is 0 Å². The van der Waals surface area contributed by atoms with E-state index in [1.165, 1.54) is 16.6 Å². The summed E-state index contributed by atoms with van der Waals surface area (Å²) in [6, 6.07) is 6.22. The van der Waals surface area contributed by atoms with Crippen LogP contribution in [0.1, 0.15) is 17.5 Å². The molecule has 0 bridgehead atoms. The van der Waals surface area contributed by atoms with Gasteiger partial charge in [-0.25, -0.2) is 0 Å². The SMILES string of the molecule is Bc1cccc2c1CCC(=O)C2. The maximum atomic E-state index is 11.1. The highest BCUT2D eigenvalue weighted by atomic mass is 16.1. The van der Waals surface area contributed by atoms with Gasteiger partial charge in [0.15, 0.2) is 0 Å². The van der Waals surface area contributed by atoms with Crippen molar-refractivity contribution in [3.8, 4) is 0 Å². The number of carbonyl (C=O) groups is 1. The molecule has 0 N–H and O–H groups in total. The highest BCUT2D eigenvalue weighted by Crippen LogP contribution is 2.16. The summed E-state index contributed by atoms with van der Waals surface area (Å²) < 4.78 is 0. The minimum Gasteiger partial charge on any atom is -0.299 e. The summed E-state index contributed by atoms with van der Waals surface area (Å²) in [6.45, 7) is 0. The largest absolute Gasteiger partial charge is 0.299 e. The monoisotopic (exact) mass is 158 g/mol. The van der Waals surface area contributed by atoms with Crippen LogP contribution >= 0.6 is 0 Å². The van der Waals surface area contributed by atoms with Gasteiger partial charge in [-0.2, -0.15) is 0 Å². The number of hydrogen-bond donors (Lipinski definition) is 0. The Balaban J connectivity index is 2.48. The van der Waals surface area contributed by atoms with Crippen molar-refractivity contribution in [1.29, 1.82) is 0 Å². The van der Waals surface area contributed by atoms with Crippen LogP contribution in [0.2, 0.25) is 0 Å². The van der Waals surface area contributed by atoms with E-state index in [0.29, 0.717) is 12.2 Å². The van der Waals surface area contributed by atoms with Crippen LogP contribution in [0.15, 0.2) is 18.2 Å². The number of hydrogen-bond acceptors (Lipinski definition) is 1. The first-order valence-corrected chi connectivity index (χ1v) is 4.36. The van der Waals surface area contributed by atoms with E-state index in [-0.39, 0.29) is 0 Å². The molecule has 1 aromatic carbocycles. The molecule has 1 nitrogen and oxygen atoms in total. The molecule has 0 heterocycles. The van der Waals surface area contributed by atoms with E-state index < -0.39 is 0 Å². The maximum Gasteiger partial charge on any atom is 0.139 e. The number of fused-ring (bicyclic) bond motifs is 1. The summed E-state index contributed by atoms with van der Waals surface area (Å²) in [5.41, 5.74) is 3.98. The minimum atomic E-state index is 0.383. The third kappa shape index (κ3) is 1.18. The zero-order chi connectivity index (χ0) is 8.55. The van der Waals surface area contributed by atoms with E-state index in [2.05, 4.69) is 20.0 Å². The fourth-order valence-corrected chi connectivity index (χ4v) is 1.85. The highest BCUT2D eigenvalue weighted by Gasteiger charge is 2.15. The summed E-state index contributed by atoms with van der Waals surface area (Å²) in [6.07, 6.45) is 2.33. The average Bonchev–Trinajstić information content (AvgIpc) is 2.04. The molecule has 0 saturated carbocycles. The van der Waals surface area contributed by atoms with Gasteiger partial charge in [-0.1, -0.05) is 29.2 Å². The van der Waals surface area contributed by atoms with Gasteiger partial charge in [0.1, 0.15) is 13.6 Å².